The van der Waals surface area contributed by atoms with Crippen LogP contribution in [0.3, 0.4) is 0 Å². The monoisotopic (exact) mass is 407 g/mol. The summed E-state index contributed by atoms with van der Waals surface area (Å²) in [7, 11) is 2.91. The number of methoxy groups -OCH3 is 2. The van der Waals surface area contributed by atoms with Crippen LogP contribution in [0.4, 0.5) is 0 Å². The van der Waals surface area contributed by atoms with Gasteiger partial charge in [0.2, 0.25) is 17.6 Å². The summed E-state index contributed by atoms with van der Waals surface area (Å²) in [6.45, 7) is -0.0479. The van der Waals surface area contributed by atoms with Crippen molar-refractivity contribution in [2.45, 2.75) is 18.5 Å². The second-order valence-corrected chi connectivity index (χ2v) is 7.48. The summed E-state index contributed by atoms with van der Waals surface area (Å²) in [4.78, 5) is 30.7. The largest absolute Gasteiger partial charge is 0.502 e. The molecule has 0 spiro atoms. The molecule has 2 atom stereocenters. The van der Waals surface area contributed by atoms with Crippen LogP contribution in [0.2, 0.25) is 0 Å². The Bertz CT molecular complexity index is 1160. The van der Waals surface area contributed by atoms with Gasteiger partial charge in [-0.05, 0) is 29.3 Å². The van der Waals surface area contributed by atoms with Crippen LogP contribution in [0.5, 0.6) is 17.2 Å². The molecule has 1 fully saturated rings. The highest BCUT2D eigenvalue weighted by molar-refractivity contribution is 5.97. The number of benzene rings is 2. The summed E-state index contributed by atoms with van der Waals surface area (Å²) in [6.07, 6.45) is 0.430. The molecule has 3 heterocycles. The first-order valence-electron chi connectivity index (χ1n) is 9.66. The van der Waals surface area contributed by atoms with E-state index in [1.165, 1.54) is 14.2 Å². The van der Waals surface area contributed by atoms with Crippen molar-refractivity contribution >= 4 is 22.7 Å². The van der Waals surface area contributed by atoms with Crippen LogP contribution in [0.1, 0.15) is 22.9 Å². The zero-order valence-corrected chi connectivity index (χ0v) is 16.6. The number of carbonyl (C=O) groups is 2. The number of para-hydroxylation sites is 1. The number of phenolic OH excluding ortho intramolecular Hbond substituents is 1. The van der Waals surface area contributed by atoms with Crippen molar-refractivity contribution in [3.05, 3.63) is 53.2 Å². The molecule has 2 aliphatic heterocycles. The molecule has 0 bridgehead atoms. The molecule has 0 saturated carbocycles. The first-order valence-corrected chi connectivity index (χ1v) is 9.66. The van der Waals surface area contributed by atoms with Crippen LogP contribution >= 0.6 is 0 Å². The topological polar surface area (TPSA) is 104 Å². The second kappa shape index (κ2) is 6.69. The third-order valence-electron chi connectivity index (χ3n) is 5.95. The number of fused-ring (bicyclic) bond motifs is 4. The maximum atomic E-state index is 12.9. The molecular weight excluding hydrogens is 386 g/mol. The number of H-pyrrole nitrogens is 1. The molecule has 154 valence electrons. The van der Waals surface area contributed by atoms with E-state index >= 15 is 0 Å². The molecule has 5 rings (SSSR count). The van der Waals surface area contributed by atoms with Gasteiger partial charge >= 0.3 is 0 Å². The molecule has 2 aromatic carbocycles. The van der Waals surface area contributed by atoms with Crippen molar-refractivity contribution < 1.29 is 24.2 Å². The fourth-order valence-electron chi connectivity index (χ4n) is 4.59. The average Bonchev–Trinajstić information content (AvgIpc) is 3.14. The number of rotatable bonds is 3. The molecule has 3 aromatic rings. The van der Waals surface area contributed by atoms with Gasteiger partial charge in [0.15, 0.2) is 11.5 Å². The van der Waals surface area contributed by atoms with Gasteiger partial charge in [-0.25, -0.2) is 0 Å². The standard InChI is InChI=1S/C22H21N3O5/c1-29-16-7-11(8-17(30-2)21(16)27)20-19-13(12-5-3-4-6-14(12)24-19)9-15-22(28)23-10-18(26)25(15)20/h3-8,15,20,24,27H,9-10H2,1-2H3,(H,23,28)/t15-,20+/m0/s1. The average molecular weight is 407 g/mol. The molecule has 3 N–H and O–H groups in total. The first-order chi connectivity index (χ1) is 14.5. The van der Waals surface area contributed by atoms with E-state index < -0.39 is 12.1 Å². The van der Waals surface area contributed by atoms with Crippen molar-refractivity contribution in [1.82, 2.24) is 15.2 Å². The number of nitrogens with zero attached hydrogens (tertiary/aromatic N) is 1. The lowest BCUT2D eigenvalue weighted by Crippen LogP contribution is -2.61. The van der Waals surface area contributed by atoms with E-state index in [1.807, 2.05) is 24.3 Å². The van der Waals surface area contributed by atoms with Crippen LogP contribution in [0.15, 0.2) is 36.4 Å². The fraction of sp³-hybridized carbons (Fsp3) is 0.273. The van der Waals surface area contributed by atoms with Crippen LogP contribution in [-0.2, 0) is 16.0 Å². The number of hydrogen-bond acceptors (Lipinski definition) is 5. The van der Waals surface area contributed by atoms with Gasteiger partial charge < -0.3 is 29.8 Å². The summed E-state index contributed by atoms with van der Waals surface area (Å²) in [6, 6.07) is 10.1. The lowest BCUT2D eigenvalue weighted by atomic mass is 9.86. The number of phenols is 1. The van der Waals surface area contributed by atoms with Crippen molar-refractivity contribution in [1.29, 1.82) is 0 Å². The van der Waals surface area contributed by atoms with E-state index in [-0.39, 0.29) is 35.6 Å². The van der Waals surface area contributed by atoms with Gasteiger partial charge in [0, 0.05) is 23.0 Å². The summed E-state index contributed by atoms with van der Waals surface area (Å²) < 4.78 is 10.7. The predicted molar refractivity (Wildman–Crippen MR) is 109 cm³/mol. The number of aromatic nitrogens is 1. The predicted octanol–water partition coefficient (Wildman–Crippen LogP) is 1.86. The minimum atomic E-state index is -0.617. The quantitative estimate of drug-likeness (QED) is 0.615. The van der Waals surface area contributed by atoms with E-state index in [4.69, 9.17) is 9.47 Å². The van der Waals surface area contributed by atoms with Crippen molar-refractivity contribution in [3.8, 4) is 17.2 Å². The number of hydrogen-bond donors (Lipinski definition) is 3. The highest BCUT2D eigenvalue weighted by Crippen LogP contribution is 2.46. The van der Waals surface area contributed by atoms with E-state index in [0.29, 0.717) is 12.0 Å². The molecule has 0 unspecified atom stereocenters. The minimum Gasteiger partial charge on any atom is -0.502 e. The van der Waals surface area contributed by atoms with E-state index in [1.54, 1.807) is 17.0 Å². The molecule has 8 nitrogen and oxygen atoms in total. The van der Waals surface area contributed by atoms with Crippen LogP contribution < -0.4 is 14.8 Å². The molecule has 2 aliphatic rings. The third kappa shape index (κ3) is 2.53. The van der Waals surface area contributed by atoms with Gasteiger partial charge in [-0.1, -0.05) is 18.2 Å². The Kier molecular flexibility index (Phi) is 4.09. The number of ether oxygens (including phenoxy) is 2. The van der Waals surface area contributed by atoms with Crippen LogP contribution in [-0.4, -0.2) is 53.6 Å². The van der Waals surface area contributed by atoms with Gasteiger partial charge in [-0.2, -0.15) is 0 Å². The molecule has 2 amide bonds. The van der Waals surface area contributed by atoms with E-state index in [2.05, 4.69) is 10.3 Å². The summed E-state index contributed by atoms with van der Waals surface area (Å²) >= 11 is 0. The number of aromatic hydroxyl groups is 1. The molecule has 30 heavy (non-hydrogen) atoms. The number of carbonyl (C=O) groups excluding carboxylic acids is 2. The lowest BCUT2D eigenvalue weighted by molar-refractivity contribution is -0.148. The Balaban J connectivity index is 1.79. The SMILES string of the molecule is COc1cc([C@@H]2c3[nH]c4ccccc4c3C[C@H]3C(=O)NCC(=O)N23)cc(OC)c1O. The normalized spacial score (nSPS) is 20.5. The maximum Gasteiger partial charge on any atom is 0.243 e. The Morgan fingerprint density at radius 1 is 1.10 bits per heavy atom. The summed E-state index contributed by atoms with van der Waals surface area (Å²) in [5.41, 5.74) is 3.48. The highest BCUT2D eigenvalue weighted by Gasteiger charge is 2.46. The highest BCUT2D eigenvalue weighted by atomic mass is 16.5. The molecule has 1 saturated heterocycles. The number of amides is 2. The molecular formula is C22H21N3O5. The zero-order chi connectivity index (χ0) is 21.0. The van der Waals surface area contributed by atoms with Crippen LogP contribution in [0, 0.1) is 0 Å². The number of nitrogens with one attached hydrogen (secondary N) is 2. The maximum absolute atomic E-state index is 12.9. The Morgan fingerprint density at radius 3 is 2.50 bits per heavy atom. The molecule has 0 aliphatic carbocycles. The minimum absolute atomic E-state index is 0.0479. The third-order valence-corrected chi connectivity index (χ3v) is 5.95. The van der Waals surface area contributed by atoms with Gasteiger partial charge in [0.05, 0.1) is 26.8 Å². The van der Waals surface area contributed by atoms with E-state index in [0.717, 1.165) is 22.2 Å². The van der Waals surface area contributed by atoms with Gasteiger partial charge in [-0.15, -0.1) is 0 Å². The summed E-state index contributed by atoms with van der Waals surface area (Å²) in [5, 5.41) is 14.1. The fourth-order valence-corrected chi connectivity index (χ4v) is 4.59. The van der Waals surface area contributed by atoms with Gasteiger partial charge in [-0.3, -0.25) is 9.59 Å². The number of piperazine rings is 1. The second-order valence-electron chi connectivity index (χ2n) is 7.48. The zero-order valence-electron chi connectivity index (χ0n) is 16.6. The Morgan fingerprint density at radius 2 is 1.80 bits per heavy atom. The Hall–Kier alpha value is -3.68. The van der Waals surface area contributed by atoms with Crippen molar-refractivity contribution in [2.24, 2.45) is 0 Å². The first kappa shape index (κ1) is 18.4. The van der Waals surface area contributed by atoms with Crippen LogP contribution in [0.25, 0.3) is 10.9 Å². The Labute approximate surface area is 172 Å². The number of aromatic amines is 1. The van der Waals surface area contributed by atoms with Crippen molar-refractivity contribution in [3.63, 3.8) is 0 Å². The summed E-state index contributed by atoms with van der Waals surface area (Å²) in [5.74, 6) is 0.0138. The van der Waals surface area contributed by atoms with E-state index in [9.17, 15) is 14.7 Å². The molecule has 8 heteroatoms. The van der Waals surface area contributed by atoms with Crippen molar-refractivity contribution in [2.75, 3.05) is 20.8 Å². The smallest absolute Gasteiger partial charge is 0.243 e. The van der Waals surface area contributed by atoms with Gasteiger partial charge in [0.1, 0.15) is 6.04 Å². The lowest BCUT2D eigenvalue weighted by Gasteiger charge is -2.44. The molecule has 1 aromatic heterocycles. The van der Waals surface area contributed by atoms with Gasteiger partial charge in [0.25, 0.3) is 0 Å². The molecule has 0 radical (unpaired) electrons.